The van der Waals surface area contributed by atoms with Gasteiger partial charge in [-0.25, -0.2) is 4.39 Å². The normalized spacial score (nSPS) is 10.9. The second kappa shape index (κ2) is 8.73. The molecule has 5 heteroatoms. The van der Waals surface area contributed by atoms with Gasteiger partial charge >= 0.3 is 0 Å². The summed E-state index contributed by atoms with van der Waals surface area (Å²) in [5, 5.41) is 6.79. The summed E-state index contributed by atoms with van der Waals surface area (Å²) in [7, 11) is 0. The van der Waals surface area contributed by atoms with Gasteiger partial charge in [0.2, 0.25) is 0 Å². The summed E-state index contributed by atoms with van der Waals surface area (Å²) in [5.74, 6) is 0.501. The molecular formula is C24H18Cl2FNO. The highest BCUT2D eigenvalue weighted by Gasteiger charge is 2.11. The number of rotatable bonds is 6. The smallest absolute Gasteiger partial charge is 0.125 e. The zero-order chi connectivity index (χ0) is 20.2. The van der Waals surface area contributed by atoms with Crippen LogP contribution in [0.4, 0.5) is 10.1 Å². The second-order valence-corrected chi connectivity index (χ2v) is 7.50. The lowest BCUT2D eigenvalue weighted by Crippen LogP contribution is -2.05. The van der Waals surface area contributed by atoms with Gasteiger partial charge in [-0.3, -0.25) is 0 Å². The summed E-state index contributed by atoms with van der Waals surface area (Å²) in [6.45, 7) is 0.865. The topological polar surface area (TPSA) is 21.3 Å². The highest BCUT2D eigenvalue weighted by molar-refractivity contribution is 6.35. The number of hydrogen-bond donors (Lipinski definition) is 1. The van der Waals surface area contributed by atoms with Crippen LogP contribution in [0.25, 0.3) is 10.8 Å². The third-order valence-corrected chi connectivity index (χ3v) is 5.25. The van der Waals surface area contributed by atoms with Gasteiger partial charge in [-0.1, -0.05) is 65.7 Å². The molecule has 4 aromatic carbocycles. The number of fused-ring (bicyclic) bond motifs is 1. The van der Waals surface area contributed by atoms with E-state index in [2.05, 4.69) is 17.4 Å². The van der Waals surface area contributed by atoms with E-state index < -0.39 is 0 Å². The summed E-state index contributed by atoms with van der Waals surface area (Å²) in [4.78, 5) is 0. The standard InChI is InChI=1S/C24H18Cl2FNO/c25-18-8-11-22(26)23(13-18)28-14-21-20-4-2-1-3-17(20)7-12-24(21)29-15-16-5-9-19(27)10-6-16/h1-13,28H,14-15H2. The van der Waals surface area contributed by atoms with Crippen molar-refractivity contribution >= 4 is 39.7 Å². The molecule has 4 rings (SSSR count). The lowest BCUT2D eigenvalue weighted by molar-refractivity contribution is 0.303. The Bertz CT molecular complexity index is 1150. The van der Waals surface area contributed by atoms with Crippen LogP contribution in [0.2, 0.25) is 10.0 Å². The molecule has 2 nitrogen and oxygen atoms in total. The van der Waals surface area contributed by atoms with Gasteiger partial charge in [0.15, 0.2) is 0 Å². The van der Waals surface area contributed by atoms with Crippen molar-refractivity contribution in [2.24, 2.45) is 0 Å². The van der Waals surface area contributed by atoms with Gasteiger partial charge < -0.3 is 10.1 Å². The van der Waals surface area contributed by atoms with Crippen molar-refractivity contribution in [3.8, 4) is 5.75 Å². The Morgan fingerprint density at radius 2 is 1.66 bits per heavy atom. The van der Waals surface area contributed by atoms with Crippen molar-refractivity contribution in [2.45, 2.75) is 13.2 Å². The van der Waals surface area contributed by atoms with Gasteiger partial charge in [0, 0.05) is 17.1 Å². The Balaban J connectivity index is 1.63. The number of hydrogen-bond acceptors (Lipinski definition) is 2. The Kier molecular flexibility index (Phi) is 5.89. The molecule has 1 N–H and O–H groups in total. The van der Waals surface area contributed by atoms with E-state index in [1.807, 2.05) is 24.3 Å². The first kappa shape index (κ1) is 19.6. The fraction of sp³-hybridized carbons (Fsp3) is 0.0833. The average Bonchev–Trinajstić information content (AvgIpc) is 2.74. The maximum absolute atomic E-state index is 13.1. The number of benzene rings is 4. The van der Waals surface area contributed by atoms with Crippen LogP contribution in [-0.2, 0) is 13.2 Å². The van der Waals surface area contributed by atoms with Crippen LogP contribution in [-0.4, -0.2) is 0 Å². The van der Waals surface area contributed by atoms with Crippen molar-refractivity contribution in [1.82, 2.24) is 0 Å². The van der Waals surface area contributed by atoms with Gasteiger partial charge in [-0.2, -0.15) is 0 Å². The highest BCUT2D eigenvalue weighted by Crippen LogP contribution is 2.31. The lowest BCUT2D eigenvalue weighted by Gasteiger charge is -2.16. The first-order valence-corrected chi connectivity index (χ1v) is 9.92. The van der Waals surface area contributed by atoms with Crippen LogP contribution in [0, 0.1) is 5.82 Å². The molecule has 0 aliphatic rings. The molecule has 146 valence electrons. The maximum Gasteiger partial charge on any atom is 0.125 e. The molecule has 0 atom stereocenters. The number of halogens is 3. The molecule has 0 unspecified atom stereocenters. The predicted molar refractivity (Wildman–Crippen MR) is 118 cm³/mol. The first-order valence-electron chi connectivity index (χ1n) is 9.17. The van der Waals surface area contributed by atoms with Gasteiger partial charge in [0.1, 0.15) is 18.2 Å². The Labute approximate surface area is 178 Å². The molecule has 0 saturated carbocycles. The van der Waals surface area contributed by atoms with Crippen LogP contribution in [0.15, 0.2) is 78.9 Å². The van der Waals surface area contributed by atoms with Crippen LogP contribution in [0.1, 0.15) is 11.1 Å². The minimum atomic E-state index is -0.261. The van der Waals surface area contributed by atoms with Crippen molar-refractivity contribution in [1.29, 1.82) is 0 Å². The largest absolute Gasteiger partial charge is 0.489 e. The van der Waals surface area contributed by atoms with Gasteiger partial charge in [-0.05, 0) is 52.7 Å². The Hall–Kier alpha value is -2.75. The van der Waals surface area contributed by atoms with Crippen LogP contribution in [0.5, 0.6) is 5.75 Å². The van der Waals surface area contributed by atoms with E-state index in [4.69, 9.17) is 27.9 Å². The molecule has 0 saturated heterocycles. The second-order valence-electron chi connectivity index (χ2n) is 6.66. The SMILES string of the molecule is Fc1ccc(COc2ccc3ccccc3c2CNc2cc(Cl)ccc2Cl)cc1. The lowest BCUT2D eigenvalue weighted by atomic mass is 10.0. The van der Waals surface area contributed by atoms with Gasteiger partial charge in [0.25, 0.3) is 0 Å². The minimum Gasteiger partial charge on any atom is -0.489 e. The molecule has 0 spiro atoms. The van der Waals surface area contributed by atoms with E-state index in [0.717, 1.165) is 33.3 Å². The van der Waals surface area contributed by atoms with Crippen LogP contribution in [0.3, 0.4) is 0 Å². The number of ether oxygens (including phenoxy) is 1. The molecule has 0 bridgehead atoms. The Morgan fingerprint density at radius 3 is 2.48 bits per heavy atom. The number of anilines is 1. The molecule has 0 heterocycles. The average molecular weight is 426 g/mol. The fourth-order valence-corrected chi connectivity index (χ4v) is 3.55. The number of nitrogens with one attached hydrogen (secondary N) is 1. The molecule has 29 heavy (non-hydrogen) atoms. The molecule has 0 amide bonds. The summed E-state index contributed by atoms with van der Waals surface area (Å²) < 4.78 is 19.2. The van der Waals surface area contributed by atoms with E-state index in [0.29, 0.717) is 23.2 Å². The summed E-state index contributed by atoms with van der Waals surface area (Å²) in [5.41, 5.74) is 2.68. The van der Waals surface area contributed by atoms with E-state index in [1.54, 1.807) is 30.3 Å². The van der Waals surface area contributed by atoms with E-state index in [1.165, 1.54) is 12.1 Å². The molecule has 0 aliphatic carbocycles. The minimum absolute atomic E-state index is 0.261. The van der Waals surface area contributed by atoms with Crippen molar-refractivity contribution in [3.05, 3.63) is 106 Å². The fourth-order valence-electron chi connectivity index (χ4n) is 3.19. The quantitative estimate of drug-likeness (QED) is 0.345. The third-order valence-electron chi connectivity index (χ3n) is 4.69. The van der Waals surface area contributed by atoms with E-state index >= 15 is 0 Å². The van der Waals surface area contributed by atoms with E-state index in [-0.39, 0.29) is 5.82 Å². The predicted octanol–water partition coefficient (Wildman–Crippen LogP) is 7.48. The third kappa shape index (κ3) is 4.64. The molecule has 0 aromatic heterocycles. The zero-order valence-electron chi connectivity index (χ0n) is 15.5. The summed E-state index contributed by atoms with van der Waals surface area (Å²) >= 11 is 12.4. The first-order chi connectivity index (χ1) is 14.1. The molecule has 0 radical (unpaired) electrons. The van der Waals surface area contributed by atoms with Crippen LogP contribution < -0.4 is 10.1 Å². The molecular weight excluding hydrogens is 408 g/mol. The van der Waals surface area contributed by atoms with Gasteiger partial charge in [0.05, 0.1) is 10.7 Å². The van der Waals surface area contributed by atoms with Crippen molar-refractivity contribution in [3.63, 3.8) is 0 Å². The van der Waals surface area contributed by atoms with Crippen molar-refractivity contribution < 1.29 is 9.13 Å². The van der Waals surface area contributed by atoms with Crippen molar-refractivity contribution in [2.75, 3.05) is 5.32 Å². The highest BCUT2D eigenvalue weighted by atomic mass is 35.5. The summed E-state index contributed by atoms with van der Waals surface area (Å²) in [6.07, 6.45) is 0. The maximum atomic E-state index is 13.1. The monoisotopic (exact) mass is 425 g/mol. The summed E-state index contributed by atoms with van der Waals surface area (Å²) in [6, 6.07) is 23.8. The molecule has 0 aliphatic heterocycles. The van der Waals surface area contributed by atoms with Crippen LogP contribution >= 0.6 is 23.2 Å². The molecule has 0 fully saturated rings. The molecule has 4 aromatic rings. The van der Waals surface area contributed by atoms with Gasteiger partial charge in [-0.15, -0.1) is 0 Å². The Morgan fingerprint density at radius 1 is 0.862 bits per heavy atom. The van der Waals surface area contributed by atoms with E-state index in [9.17, 15) is 4.39 Å². The zero-order valence-corrected chi connectivity index (χ0v) is 17.0.